The van der Waals surface area contributed by atoms with E-state index in [1.807, 2.05) is 0 Å². The maximum Gasteiger partial charge on any atom is 0.306 e. The van der Waals surface area contributed by atoms with Crippen molar-refractivity contribution in [1.82, 2.24) is 0 Å². The van der Waals surface area contributed by atoms with E-state index in [4.69, 9.17) is 14.2 Å². The fraction of sp³-hybridized carbons (Fsp3) is 0.667. The SMILES string of the molecule is CC/C=C\C/C=C\C/C=C\C/C=C\C/C=C\C/C=C\CCCCCCCCC(=O)OCC(COC(=O)CCCCCCCCCCCCCCC)OC(=O)CCCCCCCCCCC/C=C\C/C=C\C/C=C\C/C=C\C/C=C\CC. The Balaban J connectivity index is 4.38. The van der Waals surface area contributed by atoms with Gasteiger partial charge in [-0.15, -0.1) is 0 Å². The molecule has 0 radical (unpaired) electrons. The number of allylic oxidation sites excluding steroid dienone is 22. The lowest BCUT2D eigenvalue weighted by Crippen LogP contribution is -2.30. The zero-order chi connectivity index (χ0) is 58.5. The number of esters is 3. The molecule has 460 valence electrons. The minimum Gasteiger partial charge on any atom is -0.462 e. The van der Waals surface area contributed by atoms with Crippen molar-refractivity contribution in [3.63, 3.8) is 0 Å². The molecule has 6 nitrogen and oxygen atoms in total. The normalized spacial score (nSPS) is 13.0. The van der Waals surface area contributed by atoms with E-state index >= 15 is 0 Å². The fourth-order valence-corrected chi connectivity index (χ4v) is 9.18. The minimum atomic E-state index is -0.792. The van der Waals surface area contributed by atoms with Gasteiger partial charge in [0.25, 0.3) is 0 Å². The van der Waals surface area contributed by atoms with Crippen molar-refractivity contribution in [3.8, 4) is 0 Å². The summed E-state index contributed by atoms with van der Waals surface area (Å²) >= 11 is 0. The van der Waals surface area contributed by atoms with E-state index in [9.17, 15) is 14.4 Å². The summed E-state index contributed by atoms with van der Waals surface area (Å²) in [6.07, 6.45) is 96.0. The largest absolute Gasteiger partial charge is 0.462 e. The lowest BCUT2D eigenvalue weighted by molar-refractivity contribution is -0.167. The molecule has 1 atom stereocenters. The second-order valence-corrected chi connectivity index (χ2v) is 22.0. The molecular formula is C75H124O6. The third kappa shape index (κ3) is 66.2. The molecule has 0 heterocycles. The molecule has 0 N–H and O–H groups in total. The van der Waals surface area contributed by atoms with E-state index in [0.29, 0.717) is 19.3 Å². The summed E-state index contributed by atoms with van der Waals surface area (Å²) in [5.74, 6) is -0.901. The van der Waals surface area contributed by atoms with E-state index < -0.39 is 6.10 Å². The molecule has 0 aromatic heterocycles. The van der Waals surface area contributed by atoms with E-state index in [2.05, 4.69) is 154 Å². The standard InChI is InChI=1S/C75H124O6/c1-4-7-10-13-16-19-22-25-27-29-31-33-35-37-39-41-43-45-47-50-53-56-59-62-65-68-74(77)80-71-72(70-79-73(76)67-64-61-58-55-52-49-24-21-18-15-12-9-6-3)81-75(78)69-66-63-60-57-54-51-48-46-44-42-40-38-36-34-32-30-28-26-23-20-17-14-11-8-5-2/h7-8,10-11,16-17,19-20,25-28,31-34,37-40,43,45,72H,4-6,9,12-15,18,21-24,29-30,35-36,41-42,44,46-71H2,1-3H3/b10-7-,11-8-,19-16-,20-17-,27-25-,28-26-,33-31-,34-32-,39-37-,40-38-,45-43-. The Morgan fingerprint density at radius 3 is 0.753 bits per heavy atom. The van der Waals surface area contributed by atoms with Gasteiger partial charge in [0.1, 0.15) is 13.2 Å². The van der Waals surface area contributed by atoms with Gasteiger partial charge >= 0.3 is 17.9 Å². The number of carbonyl (C=O) groups is 3. The number of carbonyl (C=O) groups excluding carboxylic acids is 3. The predicted octanol–water partition coefficient (Wildman–Crippen LogP) is 23.3. The smallest absolute Gasteiger partial charge is 0.306 e. The Kier molecular flexibility index (Phi) is 64.3. The van der Waals surface area contributed by atoms with Crippen LogP contribution < -0.4 is 0 Å². The monoisotopic (exact) mass is 1120 g/mol. The van der Waals surface area contributed by atoms with Crippen molar-refractivity contribution in [2.24, 2.45) is 0 Å². The summed E-state index contributed by atoms with van der Waals surface area (Å²) in [6, 6.07) is 0. The van der Waals surface area contributed by atoms with E-state index in [1.54, 1.807) is 0 Å². The number of rotatable bonds is 60. The summed E-state index contributed by atoms with van der Waals surface area (Å²) in [6.45, 7) is 6.41. The third-order valence-electron chi connectivity index (χ3n) is 14.2. The van der Waals surface area contributed by atoms with E-state index in [-0.39, 0.29) is 31.1 Å². The maximum absolute atomic E-state index is 12.9. The summed E-state index contributed by atoms with van der Waals surface area (Å²) < 4.78 is 16.9. The third-order valence-corrected chi connectivity index (χ3v) is 14.2. The molecule has 0 spiro atoms. The summed E-state index contributed by atoms with van der Waals surface area (Å²) in [5.41, 5.74) is 0. The van der Waals surface area contributed by atoms with Crippen LogP contribution >= 0.6 is 0 Å². The Labute approximate surface area is 500 Å². The number of hydrogen-bond donors (Lipinski definition) is 0. The highest BCUT2D eigenvalue weighted by Crippen LogP contribution is 2.16. The zero-order valence-corrected chi connectivity index (χ0v) is 52.8. The first kappa shape index (κ1) is 76.5. The molecule has 1 unspecified atom stereocenters. The van der Waals surface area contributed by atoms with Crippen LogP contribution in [0, 0.1) is 0 Å². The van der Waals surface area contributed by atoms with Crippen molar-refractivity contribution in [2.75, 3.05) is 13.2 Å². The van der Waals surface area contributed by atoms with Gasteiger partial charge < -0.3 is 14.2 Å². The molecule has 0 saturated heterocycles. The first-order chi connectivity index (χ1) is 40.0. The molecule has 0 aliphatic heterocycles. The molecule has 0 aromatic rings. The fourth-order valence-electron chi connectivity index (χ4n) is 9.18. The second-order valence-electron chi connectivity index (χ2n) is 22.0. The zero-order valence-electron chi connectivity index (χ0n) is 52.8. The highest BCUT2D eigenvalue weighted by molar-refractivity contribution is 5.71. The Morgan fingerprint density at radius 1 is 0.259 bits per heavy atom. The van der Waals surface area contributed by atoms with Crippen LogP contribution in [0.4, 0.5) is 0 Å². The average Bonchev–Trinajstić information content (AvgIpc) is 3.46. The molecule has 0 rings (SSSR count). The molecule has 0 aliphatic carbocycles. The number of unbranched alkanes of at least 4 members (excludes halogenated alkanes) is 27. The molecule has 81 heavy (non-hydrogen) atoms. The van der Waals surface area contributed by atoms with Crippen molar-refractivity contribution < 1.29 is 28.6 Å². The number of hydrogen-bond acceptors (Lipinski definition) is 6. The predicted molar refractivity (Wildman–Crippen MR) is 353 cm³/mol. The van der Waals surface area contributed by atoms with Crippen LogP contribution in [0.2, 0.25) is 0 Å². The first-order valence-corrected chi connectivity index (χ1v) is 33.7. The summed E-state index contributed by atoms with van der Waals surface area (Å²) in [4.78, 5) is 38.4. The van der Waals surface area contributed by atoms with Crippen LogP contribution in [0.5, 0.6) is 0 Å². The lowest BCUT2D eigenvalue weighted by Gasteiger charge is -2.18. The Morgan fingerprint density at radius 2 is 0.481 bits per heavy atom. The molecule has 0 aromatic carbocycles. The van der Waals surface area contributed by atoms with Gasteiger partial charge in [-0.2, -0.15) is 0 Å². The van der Waals surface area contributed by atoms with Gasteiger partial charge in [-0.05, 0) is 116 Å². The van der Waals surface area contributed by atoms with Crippen molar-refractivity contribution >= 4 is 17.9 Å². The van der Waals surface area contributed by atoms with Crippen LogP contribution in [-0.4, -0.2) is 37.2 Å². The summed E-state index contributed by atoms with van der Waals surface area (Å²) in [5, 5.41) is 0. The van der Waals surface area contributed by atoms with E-state index in [0.717, 1.165) is 148 Å². The molecular weight excluding hydrogens is 997 g/mol. The molecule has 0 saturated carbocycles. The van der Waals surface area contributed by atoms with Crippen LogP contribution in [0.25, 0.3) is 0 Å². The van der Waals surface area contributed by atoms with Crippen molar-refractivity contribution in [3.05, 3.63) is 134 Å². The van der Waals surface area contributed by atoms with Gasteiger partial charge in [-0.25, -0.2) is 0 Å². The van der Waals surface area contributed by atoms with Crippen molar-refractivity contribution in [1.29, 1.82) is 0 Å². The number of ether oxygens (including phenoxy) is 3. The van der Waals surface area contributed by atoms with Gasteiger partial charge in [0.2, 0.25) is 0 Å². The van der Waals surface area contributed by atoms with E-state index in [1.165, 1.54) is 116 Å². The second kappa shape index (κ2) is 68.1. The highest BCUT2D eigenvalue weighted by Gasteiger charge is 2.19. The molecule has 0 amide bonds. The van der Waals surface area contributed by atoms with Crippen molar-refractivity contribution in [2.45, 2.75) is 309 Å². The molecule has 0 fully saturated rings. The molecule has 0 aliphatic rings. The topological polar surface area (TPSA) is 78.9 Å². The first-order valence-electron chi connectivity index (χ1n) is 33.7. The van der Waals surface area contributed by atoms with Gasteiger partial charge in [-0.1, -0.05) is 302 Å². The quantitative estimate of drug-likeness (QED) is 0.0261. The average molecular weight is 1120 g/mol. The van der Waals surface area contributed by atoms with Crippen LogP contribution in [-0.2, 0) is 28.6 Å². The van der Waals surface area contributed by atoms with Gasteiger partial charge in [-0.3, -0.25) is 14.4 Å². The Bertz CT molecular complexity index is 1720. The maximum atomic E-state index is 12.9. The highest BCUT2D eigenvalue weighted by atomic mass is 16.6. The van der Waals surface area contributed by atoms with Crippen LogP contribution in [0.1, 0.15) is 303 Å². The molecule has 0 bridgehead atoms. The van der Waals surface area contributed by atoms with Gasteiger partial charge in [0.15, 0.2) is 6.10 Å². The van der Waals surface area contributed by atoms with Crippen LogP contribution in [0.15, 0.2) is 134 Å². The lowest BCUT2D eigenvalue weighted by atomic mass is 10.0. The minimum absolute atomic E-state index is 0.0861. The van der Waals surface area contributed by atoms with Gasteiger partial charge in [0.05, 0.1) is 0 Å². The summed E-state index contributed by atoms with van der Waals surface area (Å²) in [7, 11) is 0. The molecule has 6 heteroatoms. The van der Waals surface area contributed by atoms with Crippen LogP contribution in [0.3, 0.4) is 0 Å². The Hall–Kier alpha value is -4.45. The van der Waals surface area contributed by atoms with Gasteiger partial charge in [0, 0.05) is 19.3 Å².